The molecule has 0 spiro atoms. The third kappa shape index (κ3) is 0.796. The molecule has 0 aliphatic carbocycles. The van der Waals surface area contributed by atoms with Crippen LogP contribution in [0, 0.1) is 6.67 Å². The van der Waals surface area contributed by atoms with Crippen LogP contribution < -0.4 is 0 Å². The fourth-order valence-electron chi connectivity index (χ4n) is 0.353. The molecule has 0 saturated carbocycles. The summed E-state index contributed by atoms with van der Waals surface area (Å²) < 4.78 is 15.9. The molecule has 37 valence electrons. The van der Waals surface area contributed by atoms with E-state index in [4.69, 9.17) is 0 Å². The van der Waals surface area contributed by atoms with Crippen molar-refractivity contribution in [1.82, 2.24) is 0 Å². The largest absolute Gasteiger partial charge is 0.466 e. The summed E-state index contributed by atoms with van der Waals surface area (Å²) in [7, 11) is 0. The SMILES string of the molecule is F[CH]c1ccco1. The van der Waals surface area contributed by atoms with Crippen molar-refractivity contribution in [1.29, 1.82) is 0 Å². The van der Waals surface area contributed by atoms with Gasteiger partial charge in [-0.2, -0.15) is 0 Å². The van der Waals surface area contributed by atoms with Gasteiger partial charge in [0.25, 0.3) is 0 Å². The first-order valence-corrected chi connectivity index (χ1v) is 1.90. The molecule has 0 fully saturated rings. The van der Waals surface area contributed by atoms with Crippen LogP contribution in [-0.2, 0) is 0 Å². The van der Waals surface area contributed by atoms with Crippen molar-refractivity contribution < 1.29 is 8.81 Å². The van der Waals surface area contributed by atoms with Gasteiger partial charge >= 0.3 is 0 Å². The molecule has 0 unspecified atom stereocenters. The van der Waals surface area contributed by atoms with Crippen molar-refractivity contribution in [2.45, 2.75) is 0 Å². The fraction of sp³-hybridized carbons (Fsp3) is 0. The van der Waals surface area contributed by atoms with Gasteiger partial charge < -0.3 is 4.42 Å². The molecule has 0 atom stereocenters. The van der Waals surface area contributed by atoms with E-state index in [1.165, 1.54) is 6.26 Å². The minimum Gasteiger partial charge on any atom is -0.466 e. The number of halogens is 1. The van der Waals surface area contributed by atoms with Gasteiger partial charge in [0.05, 0.1) is 6.26 Å². The van der Waals surface area contributed by atoms with E-state index in [0.29, 0.717) is 6.67 Å². The minimum atomic E-state index is 0.264. The maximum absolute atomic E-state index is 11.3. The Morgan fingerprint density at radius 2 is 2.57 bits per heavy atom. The molecule has 0 saturated heterocycles. The zero-order chi connectivity index (χ0) is 5.11. The molecule has 0 amide bonds. The normalized spacial score (nSPS) is 9.29. The minimum absolute atomic E-state index is 0.264. The van der Waals surface area contributed by atoms with Gasteiger partial charge in [0, 0.05) is 0 Å². The molecule has 1 nitrogen and oxygen atoms in total. The summed E-state index contributed by atoms with van der Waals surface area (Å²) in [6, 6.07) is 3.17. The summed E-state index contributed by atoms with van der Waals surface area (Å²) in [4.78, 5) is 0. The van der Waals surface area contributed by atoms with Crippen LogP contribution in [0.1, 0.15) is 5.76 Å². The van der Waals surface area contributed by atoms with Gasteiger partial charge in [0.2, 0.25) is 0 Å². The zero-order valence-corrected chi connectivity index (χ0v) is 3.60. The lowest BCUT2D eigenvalue weighted by Crippen LogP contribution is -1.60. The van der Waals surface area contributed by atoms with Crippen molar-refractivity contribution in [2.75, 3.05) is 0 Å². The molecule has 1 aromatic heterocycles. The van der Waals surface area contributed by atoms with E-state index < -0.39 is 0 Å². The average Bonchev–Trinajstić information content (AvgIpc) is 2.14. The summed E-state index contributed by atoms with van der Waals surface area (Å²) in [6.07, 6.45) is 1.42. The second-order valence-corrected chi connectivity index (χ2v) is 1.12. The first kappa shape index (κ1) is 4.37. The molecule has 0 aromatic carbocycles. The fourth-order valence-corrected chi connectivity index (χ4v) is 0.353. The van der Waals surface area contributed by atoms with Crippen molar-refractivity contribution in [3.8, 4) is 0 Å². The molecule has 0 aliphatic heterocycles. The quantitative estimate of drug-likeness (QED) is 0.522. The average molecular weight is 99.1 g/mol. The lowest BCUT2D eigenvalue weighted by molar-refractivity contribution is 0.490. The van der Waals surface area contributed by atoms with Gasteiger partial charge in [0.1, 0.15) is 5.76 Å². The zero-order valence-electron chi connectivity index (χ0n) is 3.60. The smallest absolute Gasteiger partial charge is 0.196 e. The molecule has 0 bridgehead atoms. The van der Waals surface area contributed by atoms with E-state index in [2.05, 4.69) is 4.42 Å². The van der Waals surface area contributed by atoms with Crippen molar-refractivity contribution >= 4 is 0 Å². The number of hydrogen-bond acceptors (Lipinski definition) is 1. The maximum atomic E-state index is 11.3. The standard InChI is InChI=1S/C5H4FO/c6-4-5-2-1-3-7-5/h1-4H. The van der Waals surface area contributed by atoms with E-state index in [1.54, 1.807) is 12.1 Å². The van der Waals surface area contributed by atoms with E-state index in [9.17, 15) is 4.39 Å². The van der Waals surface area contributed by atoms with E-state index in [1.807, 2.05) is 0 Å². The van der Waals surface area contributed by atoms with Crippen LogP contribution in [0.25, 0.3) is 0 Å². The summed E-state index contributed by atoms with van der Waals surface area (Å²) in [5.41, 5.74) is 0. The van der Waals surface area contributed by atoms with E-state index in [-0.39, 0.29) is 5.76 Å². The van der Waals surface area contributed by atoms with Crippen LogP contribution in [-0.4, -0.2) is 0 Å². The highest BCUT2D eigenvalue weighted by atomic mass is 19.1. The molecule has 1 radical (unpaired) electrons. The second kappa shape index (κ2) is 1.78. The molecule has 0 aliphatic rings. The predicted molar refractivity (Wildman–Crippen MR) is 23.2 cm³/mol. The molecular weight excluding hydrogens is 95.1 g/mol. The lowest BCUT2D eigenvalue weighted by Gasteiger charge is -1.75. The van der Waals surface area contributed by atoms with Gasteiger partial charge in [0.15, 0.2) is 6.67 Å². The molecular formula is C5H4FO. The highest BCUT2D eigenvalue weighted by molar-refractivity contribution is 5.03. The van der Waals surface area contributed by atoms with Crippen LogP contribution in [0.2, 0.25) is 0 Å². The maximum Gasteiger partial charge on any atom is 0.196 e. The second-order valence-electron chi connectivity index (χ2n) is 1.12. The highest BCUT2D eigenvalue weighted by Crippen LogP contribution is 2.01. The Balaban J connectivity index is 2.76. The van der Waals surface area contributed by atoms with E-state index >= 15 is 0 Å². The Bertz CT molecular complexity index is 123. The third-order valence-corrected chi connectivity index (χ3v) is 0.651. The summed E-state index contributed by atoms with van der Waals surface area (Å²) in [6.45, 7) is 0.417. The molecule has 1 heterocycles. The third-order valence-electron chi connectivity index (χ3n) is 0.651. The Morgan fingerprint density at radius 1 is 1.71 bits per heavy atom. The molecule has 2 heteroatoms. The van der Waals surface area contributed by atoms with Crippen LogP contribution >= 0.6 is 0 Å². The van der Waals surface area contributed by atoms with Crippen molar-refractivity contribution in [3.05, 3.63) is 30.8 Å². The van der Waals surface area contributed by atoms with Crippen LogP contribution in [0.5, 0.6) is 0 Å². The topological polar surface area (TPSA) is 13.1 Å². The van der Waals surface area contributed by atoms with Crippen molar-refractivity contribution in [3.63, 3.8) is 0 Å². The Morgan fingerprint density at radius 3 is 2.86 bits per heavy atom. The first-order valence-electron chi connectivity index (χ1n) is 1.90. The van der Waals surface area contributed by atoms with Crippen LogP contribution in [0.15, 0.2) is 22.8 Å². The summed E-state index contributed by atoms with van der Waals surface area (Å²) >= 11 is 0. The van der Waals surface area contributed by atoms with Crippen molar-refractivity contribution in [2.24, 2.45) is 0 Å². The first-order chi connectivity index (χ1) is 3.43. The molecule has 7 heavy (non-hydrogen) atoms. The van der Waals surface area contributed by atoms with Gasteiger partial charge in [-0.1, -0.05) is 0 Å². The Hall–Kier alpha value is -0.790. The highest BCUT2D eigenvalue weighted by Gasteiger charge is 1.89. The molecule has 1 aromatic rings. The Labute approximate surface area is 40.8 Å². The Kier molecular flexibility index (Phi) is 1.11. The summed E-state index contributed by atoms with van der Waals surface area (Å²) in [5.74, 6) is 0.264. The van der Waals surface area contributed by atoms with Crippen LogP contribution in [0.4, 0.5) is 4.39 Å². The van der Waals surface area contributed by atoms with Crippen LogP contribution in [0.3, 0.4) is 0 Å². The van der Waals surface area contributed by atoms with E-state index in [0.717, 1.165) is 0 Å². The lowest BCUT2D eigenvalue weighted by atomic mass is 10.5. The number of hydrogen-bond donors (Lipinski definition) is 0. The van der Waals surface area contributed by atoms with Gasteiger partial charge in [-0.25, -0.2) is 4.39 Å². The van der Waals surface area contributed by atoms with Gasteiger partial charge in [-0.3, -0.25) is 0 Å². The molecule has 1 rings (SSSR count). The van der Waals surface area contributed by atoms with Gasteiger partial charge in [-0.05, 0) is 12.1 Å². The van der Waals surface area contributed by atoms with Gasteiger partial charge in [-0.15, -0.1) is 0 Å². The monoisotopic (exact) mass is 99.0 g/mol. The number of rotatable bonds is 1. The predicted octanol–water partition coefficient (Wildman–Crippen LogP) is 1.76. The molecule has 0 N–H and O–H groups in total. The number of furan rings is 1. The summed E-state index contributed by atoms with van der Waals surface area (Å²) in [5, 5.41) is 0.